The summed E-state index contributed by atoms with van der Waals surface area (Å²) in [6, 6.07) is 9.91. The first-order valence-corrected chi connectivity index (χ1v) is 8.92. The molecule has 1 aromatic heterocycles. The second-order valence-electron chi connectivity index (χ2n) is 6.57. The largest absolute Gasteiger partial charge is 0.359 e. The topological polar surface area (TPSA) is 79.3 Å². The molecule has 0 unspecified atom stereocenters. The third kappa shape index (κ3) is 4.11. The minimum absolute atomic E-state index is 0.0462. The lowest BCUT2D eigenvalue weighted by Crippen LogP contribution is -2.45. The Morgan fingerprint density at radius 3 is 2.65 bits per heavy atom. The highest BCUT2D eigenvalue weighted by Crippen LogP contribution is 2.20. The van der Waals surface area contributed by atoms with Crippen LogP contribution in [-0.2, 0) is 17.9 Å². The van der Waals surface area contributed by atoms with E-state index in [4.69, 9.17) is 0 Å². The number of rotatable bonds is 6. The standard InChI is InChI=1S/C19H25N5O2/c1-3-24-11-15(9-21-24)18(25)22-17-13-23(12-16(17)19(26)20-2)10-14-7-5-4-6-8-14/h4-9,11,16-17H,3,10,12-13H2,1-2H3,(H,20,26)(H,22,25)/t16-,17-/m0/s1. The molecule has 0 aliphatic carbocycles. The van der Waals surface area contributed by atoms with Crippen LogP contribution in [0.15, 0.2) is 42.7 Å². The maximum atomic E-state index is 12.5. The number of amides is 2. The second-order valence-corrected chi connectivity index (χ2v) is 6.57. The van der Waals surface area contributed by atoms with E-state index in [-0.39, 0.29) is 23.8 Å². The number of hydrogen-bond donors (Lipinski definition) is 2. The number of likely N-dealkylation sites (tertiary alicyclic amines) is 1. The zero-order valence-corrected chi connectivity index (χ0v) is 15.2. The SMILES string of the molecule is CCn1cc(C(=O)N[C@H]2CN(Cc3ccccc3)C[C@@H]2C(=O)NC)cn1. The summed E-state index contributed by atoms with van der Waals surface area (Å²) in [7, 11) is 1.63. The summed E-state index contributed by atoms with van der Waals surface area (Å²) < 4.78 is 1.71. The average Bonchev–Trinajstić information content (AvgIpc) is 3.29. The number of nitrogens with zero attached hydrogens (tertiary/aromatic N) is 3. The van der Waals surface area contributed by atoms with Gasteiger partial charge in [0.2, 0.25) is 5.91 Å². The van der Waals surface area contributed by atoms with Crippen molar-refractivity contribution in [3.63, 3.8) is 0 Å². The Hall–Kier alpha value is -2.67. The minimum Gasteiger partial charge on any atom is -0.359 e. The molecule has 2 N–H and O–H groups in total. The highest BCUT2D eigenvalue weighted by atomic mass is 16.2. The van der Waals surface area contributed by atoms with Crippen LogP contribution in [0.5, 0.6) is 0 Å². The van der Waals surface area contributed by atoms with Crippen LogP contribution in [0, 0.1) is 5.92 Å². The Bertz CT molecular complexity index is 758. The predicted octanol–water partition coefficient (Wildman–Crippen LogP) is 0.879. The Balaban J connectivity index is 1.68. The summed E-state index contributed by atoms with van der Waals surface area (Å²) in [5.41, 5.74) is 1.71. The minimum atomic E-state index is -0.270. The van der Waals surface area contributed by atoms with Gasteiger partial charge in [0.05, 0.1) is 23.7 Å². The van der Waals surface area contributed by atoms with Gasteiger partial charge in [-0.1, -0.05) is 30.3 Å². The number of nitrogens with one attached hydrogen (secondary N) is 2. The number of carbonyl (C=O) groups excluding carboxylic acids is 2. The van der Waals surface area contributed by atoms with Gasteiger partial charge in [-0.3, -0.25) is 19.2 Å². The Morgan fingerprint density at radius 1 is 1.23 bits per heavy atom. The number of carbonyl (C=O) groups is 2. The van der Waals surface area contributed by atoms with Crippen LogP contribution in [0.3, 0.4) is 0 Å². The normalized spacial score (nSPS) is 20.1. The molecule has 0 saturated carbocycles. The molecule has 1 aliphatic rings. The van der Waals surface area contributed by atoms with Crippen LogP contribution in [0.2, 0.25) is 0 Å². The Kier molecular flexibility index (Phi) is 5.68. The van der Waals surface area contributed by atoms with Crippen molar-refractivity contribution in [3.8, 4) is 0 Å². The van der Waals surface area contributed by atoms with Gasteiger partial charge in [-0.15, -0.1) is 0 Å². The molecule has 2 aromatic rings. The molecular formula is C19H25N5O2. The number of aryl methyl sites for hydroxylation is 1. The summed E-state index contributed by atoms with van der Waals surface area (Å²) in [5.74, 6) is -0.505. The molecule has 2 atom stereocenters. The van der Waals surface area contributed by atoms with Gasteiger partial charge in [0.1, 0.15) is 0 Å². The van der Waals surface area contributed by atoms with E-state index in [9.17, 15) is 9.59 Å². The number of hydrogen-bond acceptors (Lipinski definition) is 4. The van der Waals surface area contributed by atoms with Crippen LogP contribution < -0.4 is 10.6 Å². The summed E-state index contributed by atoms with van der Waals surface area (Å²) in [4.78, 5) is 27.0. The van der Waals surface area contributed by atoms with Crippen molar-refractivity contribution in [1.82, 2.24) is 25.3 Å². The molecule has 1 saturated heterocycles. The summed E-state index contributed by atoms with van der Waals surface area (Å²) in [5, 5.41) is 9.87. The number of benzene rings is 1. The molecule has 2 heterocycles. The fraction of sp³-hybridized carbons (Fsp3) is 0.421. The van der Waals surface area contributed by atoms with Gasteiger partial charge < -0.3 is 10.6 Å². The lowest BCUT2D eigenvalue weighted by molar-refractivity contribution is -0.124. The van der Waals surface area contributed by atoms with E-state index in [0.29, 0.717) is 25.2 Å². The number of aromatic nitrogens is 2. The average molecular weight is 355 g/mol. The van der Waals surface area contributed by atoms with Gasteiger partial charge in [0.15, 0.2) is 0 Å². The molecule has 0 spiro atoms. The van der Waals surface area contributed by atoms with Gasteiger partial charge in [-0.2, -0.15) is 5.10 Å². The smallest absolute Gasteiger partial charge is 0.254 e. The summed E-state index contributed by atoms with van der Waals surface area (Å²) in [6.45, 7) is 4.69. The van der Waals surface area contributed by atoms with E-state index < -0.39 is 0 Å². The van der Waals surface area contributed by atoms with Crippen molar-refractivity contribution >= 4 is 11.8 Å². The monoisotopic (exact) mass is 355 g/mol. The third-order valence-electron chi connectivity index (χ3n) is 4.76. The molecule has 7 heteroatoms. The van der Waals surface area contributed by atoms with E-state index in [0.717, 1.165) is 6.54 Å². The van der Waals surface area contributed by atoms with E-state index in [1.54, 1.807) is 24.1 Å². The van der Waals surface area contributed by atoms with Gasteiger partial charge in [-0.05, 0) is 12.5 Å². The van der Waals surface area contributed by atoms with Gasteiger partial charge in [-0.25, -0.2) is 0 Å². The molecule has 26 heavy (non-hydrogen) atoms. The maximum absolute atomic E-state index is 12.5. The molecule has 1 aliphatic heterocycles. The summed E-state index contributed by atoms with van der Waals surface area (Å²) in [6.07, 6.45) is 3.28. The lowest BCUT2D eigenvalue weighted by Gasteiger charge is -2.18. The fourth-order valence-corrected chi connectivity index (χ4v) is 3.36. The zero-order valence-electron chi connectivity index (χ0n) is 15.2. The van der Waals surface area contributed by atoms with Crippen LogP contribution in [-0.4, -0.2) is 52.7 Å². The molecule has 3 rings (SSSR count). The van der Waals surface area contributed by atoms with Crippen molar-refractivity contribution in [2.45, 2.75) is 26.1 Å². The van der Waals surface area contributed by atoms with Crippen molar-refractivity contribution in [3.05, 3.63) is 53.9 Å². The maximum Gasteiger partial charge on any atom is 0.254 e. The molecule has 2 amide bonds. The molecular weight excluding hydrogens is 330 g/mol. The molecule has 1 fully saturated rings. The Labute approximate surface area is 153 Å². The van der Waals surface area contributed by atoms with Crippen molar-refractivity contribution in [2.75, 3.05) is 20.1 Å². The molecule has 138 valence electrons. The van der Waals surface area contributed by atoms with Crippen LogP contribution in [0.4, 0.5) is 0 Å². The van der Waals surface area contributed by atoms with Crippen LogP contribution in [0.1, 0.15) is 22.8 Å². The van der Waals surface area contributed by atoms with Crippen LogP contribution in [0.25, 0.3) is 0 Å². The quantitative estimate of drug-likeness (QED) is 0.806. The van der Waals surface area contributed by atoms with Crippen molar-refractivity contribution in [1.29, 1.82) is 0 Å². The lowest BCUT2D eigenvalue weighted by atomic mass is 10.0. The second kappa shape index (κ2) is 8.14. The first kappa shape index (κ1) is 18.1. The summed E-state index contributed by atoms with van der Waals surface area (Å²) >= 11 is 0. The molecule has 7 nitrogen and oxygen atoms in total. The molecule has 0 bridgehead atoms. The van der Waals surface area contributed by atoms with Crippen molar-refractivity contribution < 1.29 is 9.59 Å². The van der Waals surface area contributed by atoms with E-state index in [1.807, 2.05) is 25.1 Å². The Morgan fingerprint density at radius 2 is 2.00 bits per heavy atom. The van der Waals surface area contributed by atoms with E-state index in [2.05, 4.69) is 32.8 Å². The van der Waals surface area contributed by atoms with E-state index in [1.165, 1.54) is 5.56 Å². The highest BCUT2D eigenvalue weighted by Gasteiger charge is 2.38. The first-order valence-electron chi connectivity index (χ1n) is 8.92. The third-order valence-corrected chi connectivity index (χ3v) is 4.76. The van der Waals surface area contributed by atoms with E-state index >= 15 is 0 Å². The highest BCUT2D eigenvalue weighted by molar-refractivity contribution is 5.94. The molecule has 1 aromatic carbocycles. The first-order chi connectivity index (χ1) is 12.6. The van der Waals surface area contributed by atoms with Gasteiger partial charge in [0.25, 0.3) is 5.91 Å². The van der Waals surface area contributed by atoms with Crippen LogP contribution >= 0.6 is 0 Å². The predicted molar refractivity (Wildman–Crippen MR) is 98.4 cm³/mol. The van der Waals surface area contributed by atoms with Crippen molar-refractivity contribution in [2.24, 2.45) is 5.92 Å². The van der Waals surface area contributed by atoms with Gasteiger partial charge in [0, 0.05) is 39.4 Å². The fourth-order valence-electron chi connectivity index (χ4n) is 3.36. The molecule has 0 radical (unpaired) electrons. The zero-order chi connectivity index (χ0) is 18.5. The van der Waals surface area contributed by atoms with Gasteiger partial charge >= 0.3 is 0 Å².